The van der Waals surface area contributed by atoms with Gasteiger partial charge in [-0.25, -0.2) is 4.98 Å². The number of aryl methyl sites for hydroxylation is 1. The molecule has 0 aliphatic heterocycles. The van der Waals surface area contributed by atoms with Gasteiger partial charge in [0.1, 0.15) is 5.82 Å². The first-order chi connectivity index (χ1) is 7.45. The van der Waals surface area contributed by atoms with Crippen LogP contribution < -0.4 is 0 Å². The molecule has 1 aromatic carbocycles. The molecule has 0 radical (unpaired) electrons. The molecular weight excluding hydrogens is 200 g/mol. The Balaban J connectivity index is 2.84. The normalized spacial score (nSPS) is 12.0. The molecule has 1 heterocycles. The van der Waals surface area contributed by atoms with Crippen LogP contribution in [0.3, 0.4) is 0 Å². The zero-order valence-electron chi connectivity index (χ0n) is 10.1. The van der Waals surface area contributed by atoms with Gasteiger partial charge in [0.25, 0.3) is 0 Å². The van der Waals surface area contributed by atoms with E-state index in [-0.39, 0.29) is 5.41 Å². The Morgan fingerprint density at radius 3 is 2.56 bits per heavy atom. The Kier molecular flexibility index (Phi) is 2.34. The predicted octanol–water partition coefficient (Wildman–Crippen LogP) is 2.68. The van der Waals surface area contributed by atoms with Gasteiger partial charge in [-0.3, -0.25) is 4.79 Å². The Morgan fingerprint density at radius 2 is 2.00 bits per heavy atom. The summed E-state index contributed by atoms with van der Waals surface area (Å²) in [5.41, 5.74) is 2.48. The minimum Gasteiger partial charge on any atom is -0.330 e. The van der Waals surface area contributed by atoms with Crippen LogP contribution >= 0.6 is 0 Å². The standard InChI is InChI=1S/C13H16N2O/c1-13(2,3)12-14-10-7-5-6-9(8-16)11(10)15(12)4/h5-8H,1-4H3. The lowest BCUT2D eigenvalue weighted by Gasteiger charge is -2.17. The average Bonchev–Trinajstić information content (AvgIpc) is 2.56. The van der Waals surface area contributed by atoms with Gasteiger partial charge in [0.15, 0.2) is 6.29 Å². The Labute approximate surface area is 95.1 Å². The average molecular weight is 216 g/mol. The van der Waals surface area contributed by atoms with Gasteiger partial charge in [-0.15, -0.1) is 0 Å². The monoisotopic (exact) mass is 216 g/mol. The van der Waals surface area contributed by atoms with Crippen molar-refractivity contribution in [1.29, 1.82) is 0 Å². The number of benzene rings is 1. The van der Waals surface area contributed by atoms with Crippen molar-refractivity contribution in [3.63, 3.8) is 0 Å². The van der Waals surface area contributed by atoms with Crippen LogP contribution in [0.15, 0.2) is 18.2 Å². The molecule has 0 aliphatic rings. The van der Waals surface area contributed by atoms with Gasteiger partial charge >= 0.3 is 0 Å². The second kappa shape index (κ2) is 3.44. The highest BCUT2D eigenvalue weighted by molar-refractivity contribution is 5.94. The largest absolute Gasteiger partial charge is 0.330 e. The molecule has 0 spiro atoms. The highest BCUT2D eigenvalue weighted by Gasteiger charge is 2.21. The van der Waals surface area contributed by atoms with Crippen molar-refractivity contribution in [2.45, 2.75) is 26.2 Å². The van der Waals surface area contributed by atoms with E-state index >= 15 is 0 Å². The molecule has 0 bridgehead atoms. The molecule has 1 aromatic heterocycles. The van der Waals surface area contributed by atoms with Crippen molar-refractivity contribution in [3.8, 4) is 0 Å². The Morgan fingerprint density at radius 1 is 1.31 bits per heavy atom. The van der Waals surface area contributed by atoms with Crippen LogP contribution in [0.1, 0.15) is 37.0 Å². The maximum atomic E-state index is 11.0. The molecule has 0 unspecified atom stereocenters. The van der Waals surface area contributed by atoms with Gasteiger partial charge < -0.3 is 4.57 Å². The van der Waals surface area contributed by atoms with E-state index < -0.39 is 0 Å². The molecule has 0 N–H and O–H groups in total. The Bertz CT molecular complexity index is 547. The van der Waals surface area contributed by atoms with E-state index in [9.17, 15) is 4.79 Å². The lowest BCUT2D eigenvalue weighted by Crippen LogP contribution is -2.17. The number of hydrogen-bond donors (Lipinski definition) is 0. The summed E-state index contributed by atoms with van der Waals surface area (Å²) in [5.74, 6) is 0.997. The maximum Gasteiger partial charge on any atom is 0.152 e. The van der Waals surface area contributed by atoms with E-state index in [1.807, 2.05) is 29.8 Å². The van der Waals surface area contributed by atoms with Gasteiger partial charge in [0.2, 0.25) is 0 Å². The van der Waals surface area contributed by atoms with Crippen molar-refractivity contribution in [3.05, 3.63) is 29.6 Å². The summed E-state index contributed by atoms with van der Waals surface area (Å²) in [6, 6.07) is 5.63. The number of aldehydes is 1. The molecule has 0 aliphatic carbocycles. The lowest BCUT2D eigenvalue weighted by atomic mass is 9.96. The van der Waals surface area contributed by atoms with Crippen molar-refractivity contribution in [2.24, 2.45) is 7.05 Å². The van der Waals surface area contributed by atoms with Crippen molar-refractivity contribution >= 4 is 17.3 Å². The first-order valence-corrected chi connectivity index (χ1v) is 5.36. The molecule has 0 saturated heterocycles. The molecule has 0 fully saturated rings. The van der Waals surface area contributed by atoms with Crippen LogP contribution in [0.25, 0.3) is 11.0 Å². The van der Waals surface area contributed by atoms with Crippen LogP contribution in [-0.4, -0.2) is 15.8 Å². The van der Waals surface area contributed by atoms with Crippen LogP contribution in [0, 0.1) is 0 Å². The van der Waals surface area contributed by atoms with E-state index in [1.54, 1.807) is 0 Å². The first-order valence-electron chi connectivity index (χ1n) is 5.36. The second-order valence-electron chi connectivity index (χ2n) is 5.08. The van der Waals surface area contributed by atoms with Crippen LogP contribution in [0.2, 0.25) is 0 Å². The van der Waals surface area contributed by atoms with E-state index in [4.69, 9.17) is 0 Å². The summed E-state index contributed by atoms with van der Waals surface area (Å²) in [6.07, 6.45) is 0.885. The fraction of sp³-hybridized carbons (Fsp3) is 0.385. The molecule has 16 heavy (non-hydrogen) atoms. The zero-order chi connectivity index (χ0) is 11.9. The number of para-hydroxylation sites is 1. The zero-order valence-corrected chi connectivity index (χ0v) is 10.1. The van der Waals surface area contributed by atoms with Crippen LogP contribution in [0.5, 0.6) is 0 Å². The number of carbonyl (C=O) groups excluding carboxylic acids is 1. The van der Waals surface area contributed by atoms with Crippen molar-refractivity contribution in [2.75, 3.05) is 0 Å². The number of nitrogens with zero attached hydrogens (tertiary/aromatic N) is 2. The maximum absolute atomic E-state index is 11.0. The Hall–Kier alpha value is -1.64. The van der Waals surface area contributed by atoms with Gasteiger partial charge in [0, 0.05) is 18.0 Å². The third-order valence-corrected chi connectivity index (χ3v) is 2.72. The first kappa shape index (κ1) is 10.9. The number of aromatic nitrogens is 2. The highest BCUT2D eigenvalue weighted by atomic mass is 16.1. The number of imidazole rings is 1. The smallest absolute Gasteiger partial charge is 0.152 e. The van der Waals surface area contributed by atoms with Gasteiger partial charge in [-0.05, 0) is 12.1 Å². The van der Waals surface area contributed by atoms with Crippen LogP contribution in [-0.2, 0) is 12.5 Å². The summed E-state index contributed by atoms with van der Waals surface area (Å²) >= 11 is 0. The number of rotatable bonds is 1. The quantitative estimate of drug-likeness (QED) is 0.687. The molecule has 3 heteroatoms. The summed E-state index contributed by atoms with van der Waals surface area (Å²) in [4.78, 5) is 15.6. The second-order valence-corrected chi connectivity index (χ2v) is 5.08. The summed E-state index contributed by atoms with van der Waals surface area (Å²) in [7, 11) is 1.96. The number of carbonyl (C=O) groups is 1. The van der Waals surface area contributed by atoms with Crippen molar-refractivity contribution in [1.82, 2.24) is 9.55 Å². The molecule has 3 nitrogen and oxygen atoms in total. The highest BCUT2D eigenvalue weighted by Crippen LogP contribution is 2.26. The SMILES string of the molecule is Cn1c(C(C)(C)C)nc2cccc(C=O)c21. The molecule has 0 amide bonds. The fourth-order valence-corrected chi connectivity index (χ4v) is 2.07. The summed E-state index contributed by atoms with van der Waals surface area (Å²) < 4.78 is 2.01. The third-order valence-electron chi connectivity index (χ3n) is 2.72. The third kappa shape index (κ3) is 1.52. The van der Waals surface area contributed by atoms with Gasteiger partial charge in [-0.2, -0.15) is 0 Å². The van der Waals surface area contributed by atoms with E-state index in [1.165, 1.54) is 0 Å². The fourth-order valence-electron chi connectivity index (χ4n) is 2.07. The van der Waals surface area contributed by atoms with Crippen molar-refractivity contribution < 1.29 is 4.79 Å². The molecule has 0 atom stereocenters. The lowest BCUT2D eigenvalue weighted by molar-refractivity contribution is 0.112. The molecule has 2 aromatic rings. The van der Waals surface area contributed by atoms with E-state index in [0.717, 1.165) is 23.1 Å². The summed E-state index contributed by atoms with van der Waals surface area (Å²) in [6.45, 7) is 6.36. The summed E-state index contributed by atoms with van der Waals surface area (Å²) in [5, 5.41) is 0. The van der Waals surface area contributed by atoms with Crippen LogP contribution in [0.4, 0.5) is 0 Å². The molecular formula is C13H16N2O. The number of fused-ring (bicyclic) bond motifs is 1. The topological polar surface area (TPSA) is 34.9 Å². The molecule has 84 valence electrons. The molecule has 0 saturated carbocycles. The van der Waals surface area contributed by atoms with E-state index in [0.29, 0.717) is 5.56 Å². The molecule has 2 rings (SSSR count). The number of hydrogen-bond acceptors (Lipinski definition) is 2. The van der Waals surface area contributed by atoms with Gasteiger partial charge in [-0.1, -0.05) is 26.8 Å². The van der Waals surface area contributed by atoms with E-state index in [2.05, 4.69) is 25.8 Å². The minimum atomic E-state index is -0.0199. The van der Waals surface area contributed by atoms with Gasteiger partial charge in [0.05, 0.1) is 11.0 Å². The minimum absolute atomic E-state index is 0.0199. The predicted molar refractivity (Wildman–Crippen MR) is 64.8 cm³/mol.